The highest BCUT2D eigenvalue weighted by Crippen LogP contribution is 2.16. The van der Waals surface area contributed by atoms with E-state index in [4.69, 9.17) is 0 Å². The summed E-state index contributed by atoms with van der Waals surface area (Å²) >= 11 is 2.28. The van der Waals surface area contributed by atoms with Crippen LogP contribution in [-0.2, 0) is 0 Å². The minimum Gasteiger partial charge on any atom is -0.371 e. The Balaban J connectivity index is 2.79. The van der Waals surface area contributed by atoms with Crippen molar-refractivity contribution >= 4 is 28.3 Å². The molecule has 0 unspecified atom stereocenters. The summed E-state index contributed by atoms with van der Waals surface area (Å²) in [6, 6.07) is 6.83. The van der Waals surface area contributed by atoms with Crippen molar-refractivity contribution < 1.29 is 4.39 Å². The third-order valence-electron chi connectivity index (χ3n) is 1.68. The van der Waals surface area contributed by atoms with Crippen LogP contribution in [0.25, 0.3) is 0 Å². The molecule has 0 fully saturated rings. The van der Waals surface area contributed by atoms with Gasteiger partial charge in [0, 0.05) is 18.0 Å². The number of anilines is 1. The molecule has 0 bridgehead atoms. The van der Waals surface area contributed by atoms with Gasteiger partial charge >= 0.3 is 0 Å². The van der Waals surface area contributed by atoms with Gasteiger partial charge in [0.25, 0.3) is 0 Å². The summed E-state index contributed by atoms with van der Waals surface area (Å²) < 4.78 is 14.1. The molecule has 0 atom stereocenters. The van der Waals surface area contributed by atoms with E-state index in [2.05, 4.69) is 22.6 Å². The first-order valence-corrected chi connectivity index (χ1v) is 5.30. The lowest BCUT2D eigenvalue weighted by molar-refractivity contribution is 0.624. The number of benzene rings is 1. The van der Waals surface area contributed by atoms with Crippen LogP contribution in [0, 0.1) is 5.82 Å². The van der Waals surface area contributed by atoms with Crippen molar-refractivity contribution in [1.82, 2.24) is 0 Å². The Morgan fingerprint density at radius 2 is 2.08 bits per heavy atom. The molecule has 0 N–H and O–H groups in total. The van der Waals surface area contributed by atoms with Crippen LogP contribution in [0.3, 0.4) is 0 Å². The highest BCUT2D eigenvalue weighted by molar-refractivity contribution is 14.1. The SMILES string of the molecule is CN(CCI)c1ccccc1F. The molecule has 0 aliphatic carbocycles. The van der Waals surface area contributed by atoms with Crippen LogP contribution in [0.2, 0.25) is 0 Å². The van der Waals surface area contributed by atoms with Crippen molar-refractivity contribution in [2.45, 2.75) is 0 Å². The summed E-state index contributed by atoms with van der Waals surface area (Å²) in [6.07, 6.45) is 0. The first-order valence-electron chi connectivity index (χ1n) is 3.77. The Morgan fingerprint density at radius 3 is 2.67 bits per heavy atom. The largest absolute Gasteiger partial charge is 0.371 e. The van der Waals surface area contributed by atoms with Gasteiger partial charge in [-0.15, -0.1) is 0 Å². The molecule has 0 heterocycles. The summed E-state index contributed by atoms with van der Waals surface area (Å²) in [6.45, 7) is 0.876. The molecule has 1 aromatic rings. The van der Waals surface area contributed by atoms with Crippen LogP contribution in [0.1, 0.15) is 0 Å². The molecule has 0 saturated carbocycles. The molecule has 0 amide bonds. The minimum absolute atomic E-state index is 0.148. The van der Waals surface area contributed by atoms with E-state index in [-0.39, 0.29) is 5.82 Å². The molecule has 0 saturated heterocycles. The zero-order valence-corrected chi connectivity index (χ0v) is 9.08. The molecule has 3 heteroatoms. The fourth-order valence-electron chi connectivity index (χ4n) is 1.01. The molecule has 1 rings (SSSR count). The summed E-state index contributed by atoms with van der Waals surface area (Å²) in [5.41, 5.74) is 0.675. The second-order valence-corrected chi connectivity index (χ2v) is 3.64. The number of alkyl halides is 1. The van der Waals surface area contributed by atoms with Gasteiger partial charge in [0.2, 0.25) is 0 Å². The minimum atomic E-state index is -0.148. The van der Waals surface area contributed by atoms with Crippen molar-refractivity contribution in [3.63, 3.8) is 0 Å². The van der Waals surface area contributed by atoms with Crippen LogP contribution in [0.15, 0.2) is 24.3 Å². The van der Waals surface area contributed by atoms with Gasteiger partial charge in [0.15, 0.2) is 0 Å². The lowest BCUT2D eigenvalue weighted by Gasteiger charge is -2.18. The molecule has 12 heavy (non-hydrogen) atoms. The van der Waals surface area contributed by atoms with Gasteiger partial charge in [-0.1, -0.05) is 34.7 Å². The third kappa shape index (κ3) is 2.33. The second kappa shape index (κ2) is 4.64. The van der Waals surface area contributed by atoms with Crippen LogP contribution in [0.4, 0.5) is 10.1 Å². The van der Waals surface area contributed by atoms with Crippen molar-refractivity contribution in [3.05, 3.63) is 30.1 Å². The van der Waals surface area contributed by atoms with Crippen molar-refractivity contribution in [3.8, 4) is 0 Å². The monoisotopic (exact) mass is 279 g/mol. The molecule has 1 nitrogen and oxygen atoms in total. The fourth-order valence-corrected chi connectivity index (χ4v) is 1.73. The highest BCUT2D eigenvalue weighted by atomic mass is 127. The third-order valence-corrected chi connectivity index (χ3v) is 2.17. The Kier molecular flexibility index (Phi) is 3.78. The molecule has 0 spiro atoms. The van der Waals surface area contributed by atoms with Crippen molar-refractivity contribution in [1.29, 1.82) is 0 Å². The number of halogens is 2. The highest BCUT2D eigenvalue weighted by Gasteiger charge is 2.04. The Morgan fingerprint density at radius 1 is 1.42 bits per heavy atom. The van der Waals surface area contributed by atoms with Crippen LogP contribution in [0.5, 0.6) is 0 Å². The zero-order chi connectivity index (χ0) is 8.97. The van der Waals surface area contributed by atoms with Gasteiger partial charge in [-0.05, 0) is 12.1 Å². The summed E-state index contributed by atoms with van der Waals surface area (Å²) in [7, 11) is 1.90. The Bertz CT molecular complexity index is 252. The van der Waals surface area contributed by atoms with E-state index in [1.54, 1.807) is 12.1 Å². The molecule has 1 aromatic carbocycles. The molecule has 0 aromatic heterocycles. The van der Waals surface area contributed by atoms with Gasteiger partial charge in [-0.2, -0.15) is 0 Å². The van der Waals surface area contributed by atoms with Crippen LogP contribution >= 0.6 is 22.6 Å². The maximum atomic E-state index is 13.1. The normalized spacial score (nSPS) is 9.92. The molecular formula is C9H11FIN. The molecular weight excluding hydrogens is 268 g/mol. The summed E-state index contributed by atoms with van der Waals surface area (Å²) in [5.74, 6) is -0.148. The van der Waals surface area contributed by atoms with E-state index in [9.17, 15) is 4.39 Å². The zero-order valence-electron chi connectivity index (χ0n) is 6.93. The van der Waals surface area contributed by atoms with Gasteiger partial charge < -0.3 is 4.90 Å². The van der Waals surface area contributed by atoms with Gasteiger partial charge in [0.1, 0.15) is 5.82 Å². The van der Waals surface area contributed by atoms with E-state index in [1.165, 1.54) is 6.07 Å². The van der Waals surface area contributed by atoms with Gasteiger partial charge in [0.05, 0.1) is 5.69 Å². The van der Waals surface area contributed by atoms with E-state index in [0.717, 1.165) is 11.0 Å². The predicted molar refractivity (Wildman–Crippen MR) is 58.6 cm³/mol. The van der Waals surface area contributed by atoms with Gasteiger partial charge in [-0.3, -0.25) is 0 Å². The lowest BCUT2D eigenvalue weighted by Crippen LogP contribution is -2.20. The number of hydrogen-bond acceptors (Lipinski definition) is 1. The Labute approximate surface area is 85.7 Å². The fraction of sp³-hybridized carbons (Fsp3) is 0.333. The first kappa shape index (κ1) is 9.77. The molecule has 0 aliphatic heterocycles. The average molecular weight is 279 g/mol. The van der Waals surface area contributed by atoms with Crippen LogP contribution < -0.4 is 4.90 Å². The van der Waals surface area contributed by atoms with E-state index < -0.39 is 0 Å². The van der Waals surface area contributed by atoms with Crippen LogP contribution in [-0.4, -0.2) is 18.0 Å². The average Bonchev–Trinajstić information content (AvgIpc) is 2.05. The molecule has 0 radical (unpaired) electrons. The number of nitrogens with zero attached hydrogens (tertiary/aromatic N) is 1. The molecule has 66 valence electrons. The topological polar surface area (TPSA) is 3.24 Å². The lowest BCUT2D eigenvalue weighted by atomic mass is 10.3. The predicted octanol–water partition coefficient (Wildman–Crippen LogP) is 2.70. The smallest absolute Gasteiger partial charge is 0.146 e. The molecule has 0 aliphatic rings. The summed E-state index contributed by atoms with van der Waals surface area (Å²) in [5, 5.41) is 0. The first-order chi connectivity index (χ1) is 5.75. The van der Waals surface area contributed by atoms with Crippen molar-refractivity contribution in [2.24, 2.45) is 0 Å². The van der Waals surface area contributed by atoms with E-state index in [1.807, 2.05) is 18.0 Å². The maximum Gasteiger partial charge on any atom is 0.146 e. The Hall–Kier alpha value is -0.320. The number of hydrogen-bond donors (Lipinski definition) is 0. The second-order valence-electron chi connectivity index (χ2n) is 2.56. The van der Waals surface area contributed by atoms with E-state index in [0.29, 0.717) is 5.69 Å². The van der Waals surface area contributed by atoms with E-state index >= 15 is 0 Å². The summed E-state index contributed by atoms with van der Waals surface area (Å²) in [4.78, 5) is 1.92. The standard InChI is InChI=1S/C9H11FIN/c1-12(7-6-11)9-5-3-2-4-8(9)10/h2-5H,6-7H2,1H3. The quantitative estimate of drug-likeness (QED) is 0.607. The van der Waals surface area contributed by atoms with Crippen molar-refractivity contribution in [2.75, 3.05) is 22.9 Å². The number of rotatable bonds is 3. The maximum absolute atomic E-state index is 13.1. The van der Waals surface area contributed by atoms with Gasteiger partial charge in [-0.25, -0.2) is 4.39 Å². The number of para-hydroxylation sites is 1.